The van der Waals surface area contributed by atoms with Crippen molar-refractivity contribution in [3.63, 3.8) is 0 Å². The summed E-state index contributed by atoms with van der Waals surface area (Å²) in [5.74, 6) is -0.415. The third-order valence-corrected chi connectivity index (χ3v) is 3.08. The molecule has 0 unspecified atom stereocenters. The lowest BCUT2D eigenvalue weighted by atomic mass is 10.3. The van der Waals surface area contributed by atoms with Crippen molar-refractivity contribution >= 4 is 38.5 Å². The van der Waals surface area contributed by atoms with Gasteiger partial charge in [-0.15, -0.1) is 13.2 Å². The molecule has 0 saturated heterocycles. The molecule has 0 radical (unpaired) electrons. The van der Waals surface area contributed by atoms with Crippen molar-refractivity contribution in [3.05, 3.63) is 15.2 Å². The minimum atomic E-state index is -4.75. The van der Waals surface area contributed by atoms with E-state index in [-0.39, 0.29) is 5.88 Å². The first-order chi connectivity index (χ1) is 7.37. The normalized spacial score (nSPS) is 11.4. The summed E-state index contributed by atoms with van der Waals surface area (Å²) in [6.45, 7) is 0. The number of rotatable bonds is 3. The quantitative estimate of drug-likeness (QED) is 0.563. The van der Waals surface area contributed by atoms with Crippen molar-refractivity contribution in [1.29, 1.82) is 0 Å². The molecule has 1 aromatic heterocycles. The van der Waals surface area contributed by atoms with Gasteiger partial charge in [0.2, 0.25) is 11.8 Å². The standard InChI is InChI=1S/C8H6BrF3INO2/c1-15-7-4(3-9)5(13)2-6(14-7)16-8(10,11)12/h2H,3H2,1H3. The van der Waals surface area contributed by atoms with Gasteiger partial charge in [0.15, 0.2) is 0 Å². The molecule has 0 aromatic carbocycles. The summed E-state index contributed by atoms with van der Waals surface area (Å²) in [7, 11) is 1.34. The van der Waals surface area contributed by atoms with Crippen LogP contribution < -0.4 is 9.47 Å². The first-order valence-corrected chi connectivity index (χ1v) is 6.12. The van der Waals surface area contributed by atoms with Crippen molar-refractivity contribution < 1.29 is 22.6 Å². The molecule has 90 valence electrons. The summed E-state index contributed by atoms with van der Waals surface area (Å²) in [6, 6.07) is 1.20. The molecule has 1 rings (SSSR count). The molecule has 1 heterocycles. The Hall–Kier alpha value is -0.250. The topological polar surface area (TPSA) is 31.4 Å². The molecule has 0 aliphatic heterocycles. The van der Waals surface area contributed by atoms with Gasteiger partial charge in [-0.2, -0.15) is 4.98 Å². The Bertz CT molecular complexity index is 386. The van der Waals surface area contributed by atoms with Crippen molar-refractivity contribution in [2.45, 2.75) is 11.7 Å². The van der Waals surface area contributed by atoms with Crippen LogP contribution in [0.4, 0.5) is 13.2 Å². The van der Waals surface area contributed by atoms with Crippen molar-refractivity contribution in [3.8, 4) is 11.8 Å². The summed E-state index contributed by atoms with van der Waals surface area (Å²) < 4.78 is 45.1. The molecule has 0 aliphatic rings. The molecule has 0 saturated carbocycles. The molecule has 0 amide bonds. The Kier molecular flexibility index (Phi) is 4.65. The predicted molar refractivity (Wildman–Crippen MR) is 62.8 cm³/mol. The summed E-state index contributed by atoms with van der Waals surface area (Å²) in [4.78, 5) is 3.61. The Morgan fingerprint density at radius 1 is 1.50 bits per heavy atom. The van der Waals surface area contributed by atoms with Crippen LogP contribution in [0.5, 0.6) is 11.8 Å². The Morgan fingerprint density at radius 2 is 2.12 bits per heavy atom. The van der Waals surface area contributed by atoms with Gasteiger partial charge >= 0.3 is 6.36 Å². The van der Waals surface area contributed by atoms with Crippen molar-refractivity contribution in [2.75, 3.05) is 7.11 Å². The molecule has 1 aromatic rings. The fraction of sp³-hybridized carbons (Fsp3) is 0.375. The second-order valence-corrected chi connectivity index (χ2v) is 4.33. The summed E-state index contributed by atoms with van der Waals surface area (Å²) >= 11 is 5.09. The number of halogens is 5. The van der Waals surface area contributed by atoms with E-state index in [4.69, 9.17) is 4.74 Å². The molecule has 0 atom stereocenters. The number of nitrogens with zero attached hydrogens (tertiary/aromatic N) is 1. The van der Waals surface area contributed by atoms with Crippen LogP contribution in [0, 0.1) is 3.57 Å². The van der Waals surface area contributed by atoms with Crippen LogP contribution in [0.2, 0.25) is 0 Å². The van der Waals surface area contributed by atoms with Gasteiger partial charge in [0, 0.05) is 20.5 Å². The summed E-state index contributed by atoms with van der Waals surface area (Å²) in [5, 5.41) is 0.438. The Labute approximate surface area is 112 Å². The van der Waals surface area contributed by atoms with E-state index in [2.05, 4.69) is 25.7 Å². The zero-order valence-electron chi connectivity index (χ0n) is 7.94. The highest BCUT2D eigenvalue weighted by Crippen LogP contribution is 2.30. The molecule has 16 heavy (non-hydrogen) atoms. The Morgan fingerprint density at radius 3 is 2.56 bits per heavy atom. The summed E-state index contributed by atoms with van der Waals surface area (Å²) in [5.41, 5.74) is 0.678. The fourth-order valence-electron chi connectivity index (χ4n) is 0.958. The van der Waals surface area contributed by atoms with Gasteiger partial charge < -0.3 is 9.47 Å². The van der Waals surface area contributed by atoms with E-state index in [1.54, 1.807) is 0 Å². The van der Waals surface area contributed by atoms with E-state index in [9.17, 15) is 13.2 Å². The van der Waals surface area contributed by atoms with Crippen LogP contribution in [0.3, 0.4) is 0 Å². The Balaban J connectivity index is 3.10. The van der Waals surface area contributed by atoms with Crippen LogP contribution in [-0.2, 0) is 5.33 Å². The lowest BCUT2D eigenvalue weighted by Gasteiger charge is -2.12. The maximum atomic E-state index is 12.0. The van der Waals surface area contributed by atoms with Gasteiger partial charge in [0.1, 0.15) is 0 Å². The van der Waals surface area contributed by atoms with Gasteiger partial charge in [0.25, 0.3) is 0 Å². The average molecular weight is 412 g/mol. The lowest BCUT2D eigenvalue weighted by Crippen LogP contribution is -2.18. The number of alkyl halides is 4. The van der Waals surface area contributed by atoms with Gasteiger partial charge in [0.05, 0.1) is 7.11 Å². The smallest absolute Gasteiger partial charge is 0.481 e. The predicted octanol–water partition coefficient (Wildman–Crippen LogP) is 3.49. The molecule has 0 bridgehead atoms. The second kappa shape index (κ2) is 5.39. The van der Waals surface area contributed by atoms with E-state index >= 15 is 0 Å². The van der Waals surface area contributed by atoms with E-state index < -0.39 is 12.2 Å². The van der Waals surface area contributed by atoms with Gasteiger partial charge in [-0.25, -0.2) is 0 Å². The minimum Gasteiger partial charge on any atom is -0.481 e. The maximum absolute atomic E-state index is 12.0. The van der Waals surface area contributed by atoms with Crippen LogP contribution in [0.25, 0.3) is 0 Å². The third kappa shape index (κ3) is 3.65. The number of hydrogen-bond donors (Lipinski definition) is 0. The minimum absolute atomic E-state index is 0.114. The van der Waals surface area contributed by atoms with Crippen LogP contribution >= 0.6 is 38.5 Å². The van der Waals surface area contributed by atoms with Crippen molar-refractivity contribution in [2.24, 2.45) is 0 Å². The van der Waals surface area contributed by atoms with Crippen LogP contribution in [-0.4, -0.2) is 18.5 Å². The largest absolute Gasteiger partial charge is 0.574 e. The van der Waals surface area contributed by atoms with E-state index in [0.29, 0.717) is 14.5 Å². The zero-order valence-corrected chi connectivity index (χ0v) is 11.7. The van der Waals surface area contributed by atoms with Gasteiger partial charge in [-0.05, 0) is 22.6 Å². The molecular weight excluding hydrogens is 406 g/mol. The molecular formula is C8H6BrF3INO2. The zero-order chi connectivity index (χ0) is 12.3. The number of hydrogen-bond acceptors (Lipinski definition) is 3. The fourth-order valence-corrected chi connectivity index (χ4v) is 2.71. The number of ether oxygens (including phenoxy) is 2. The average Bonchev–Trinajstić information content (AvgIpc) is 2.14. The first-order valence-electron chi connectivity index (χ1n) is 3.92. The van der Waals surface area contributed by atoms with Crippen LogP contribution in [0.15, 0.2) is 6.07 Å². The third-order valence-electron chi connectivity index (χ3n) is 1.56. The highest BCUT2D eigenvalue weighted by atomic mass is 127. The van der Waals surface area contributed by atoms with E-state index in [1.165, 1.54) is 13.2 Å². The van der Waals surface area contributed by atoms with Crippen LogP contribution in [0.1, 0.15) is 5.56 Å². The number of aromatic nitrogens is 1. The molecule has 0 aliphatic carbocycles. The molecule has 0 spiro atoms. The van der Waals surface area contributed by atoms with Gasteiger partial charge in [-0.3, -0.25) is 0 Å². The highest BCUT2D eigenvalue weighted by molar-refractivity contribution is 14.1. The maximum Gasteiger partial charge on any atom is 0.574 e. The first kappa shape index (κ1) is 13.8. The molecule has 0 N–H and O–H groups in total. The van der Waals surface area contributed by atoms with Gasteiger partial charge in [-0.1, -0.05) is 15.9 Å². The molecule has 0 fully saturated rings. The highest BCUT2D eigenvalue weighted by Gasteiger charge is 2.32. The lowest BCUT2D eigenvalue weighted by molar-refractivity contribution is -0.276. The monoisotopic (exact) mass is 411 g/mol. The summed E-state index contributed by atoms with van der Waals surface area (Å²) in [6.07, 6.45) is -4.75. The second-order valence-electron chi connectivity index (χ2n) is 2.61. The SMILES string of the molecule is COc1nc(OC(F)(F)F)cc(I)c1CBr. The van der Waals surface area contributed by atoms with Crippen molar-refractivity contribution in [1.82, 2.24) is 4.98 Å². The molecule has 3 nitrogen and oxygen atoms in total. The van der Waals surface area contributed by atoms with E-state index in [1.807, 2.05) is 22.6 Å². The number of pyridine rings is 1. The molecule has 8 heteroatoms. The number of methoxy groups -OCH3 is 1. The van der Waals surface area contributed by atoms with E-state index in [0.717, 1.165) is 0 Å².